The molecular weight excluding hydrogens is 372 g/mol. The molecule has 0 atom stereocenters. The van der Waals surface area contributed by atoms with Crippen LogP contribution >= 0.6 is 0 Å². The summed E-state index contributed by atoms with van der Waals surface area (Å²) in [6, 6.07) is 15.5. The molecule has 0 aliphatic carbocycles. The number of ether oxygens (including phenoxy) is 3. The van der Waals surface area contributed by atoms with Crippen molar-refractivity contribution in [3.63, 3.8) is 0 Å². The Morgan fingerprint density at radius 3 is 2.38 bits per heavy atom. The van der Waals surface area contributed by atoms with Gasteiger partial charge in [-0.1, -0.05) is 24.3 Å². The van der Waals surface area contributed by atoms with E-state index < -0.39 is 5.97 Å². The Kier molecular flexibility index (Phi) is 5.84. The SMILES string of the molecule is O=C(Cc1ccc2c(c1)OCCO2)OCC(=O)N1CCN(c2ccccc2)CC1. The van der Waals surface area contributed by atoms with Crippen LogP contribution in [0.4, 0.5) is 5.69 Å². The molecule has 2 heterocycles. The van der Waals surface area contributed by atoms with E-state index in [1.54, 1.807) is 23.1 Å². The predicted molar refractivity (Wildman–Crippen MR) is 107 cm³/mol. The van der Waals surface area contributed by atoms with Crippen molar-refractivity contribution < 1.29 is 23.8 Å². The summed E-state index contributed by atoms with van der Waals surface area (Å²) in [5, 5.41) is 0. The molecule has 1 saturated heterocycles. The van der Waals surface area contributed by atoms with Gasteiger partial charge in [-0.2, -0.15) is 0 Å². The number of hydrogen-bond acceptors (Lipinski definition) is 6. The fourth-order valence-electron chi connectivity index (χ4n) is 3.50. The van der Waals surface area contributed by atoms with Crippen LogP contribution in [0.1, 0.15) is 5.56 Å². The van der Waals surface area contributed by atoms with Crippen LogP contribution in [0.3, 0.4) is 0 Å². The van der Waals surface area contributed by atoms with Crippen molar-refractivity contribution in [2.75, 3.05) is 50.9 Å². The second kappa shape index (κ2) is 8.86. The summed E-state index contributed by atoms with van der Waals surface area (Å²) in [4.78, 5) is 28.5. The highest BCUT2D eigenvalue weighted by atomic mass is 16.6. The summed E-state index contributed by atoms with van der Waals surface area (Å²) < 4.78 is 16.2. The van der Waals surface area contributed by atoms with Gasteiger partial charge in [0, 0.05) is 31.9 Å². The summed E-state index contributed by atoms with van der Waals surface area (Å²) in [6.45, 7) is 3.56. The van der Waals surface area contributed by atoms with Gasteiger partial charge in [0.05, 0.1) is 6.42 Å². The van der Waals surface area contributed by atoms with Crippen molar-refractivity contribution in [1.29, 1.82) is 0 Å². The molecule has 0 unspecified atom stereocenters. The maximum Gasteiger partial charge on any atom is 0.310 e. The zero-order valence-electron chi connectivity index (χ0n) is 16.2. The Morgan fingerprint density at radius 2 is 1.62 bits per heavy atom. The standard InChI is InChI=1S/C22H24N2O5/c25-21(24-10-8-23(9-11-24)18-4-2-1-3-5-18)16-29-22(26)15-17-6-7-19-20(14-17)28-13-12-27-19/h1-7,14H,8-13,15-16H2. The van der Waals surface area contributed by atoms with Crippen LogP contribution in [-0.2, 0) is 20.7 Å². The number of nitrogens with zero attached hydrogens (tertiary/aromatic N) is 2. The minimum absolute atomic E-state index is 0.0890. The van der Waals surface area contributed by atoms with E-state index in [1.165, 1.54) is 0 Å². The molecule has 7 nitrogen and oxygen atoms in total. The van der Waals surface area contributed by atoms with Crippen molar-refractivity contribution in [2.45, 2.75) is 6.42 Å². The van der Waals surface area contributed by atoms with Crippen LogP contribution in [0.2, 0.25) is 0 Å². The third kappa shape index (κ3) is 4.80. The van der Waals surface area contributed by atoms with Gasteiger partial charge in [0.15, 0.2) is 18.1 Å². The van der Waals surface area contributed by atoms with Crippen molar-refractivity contribution in [3.05, 3.63) is 54.1 Å². The molecule has 4 rings (SSSR count). The molecule has 0 N–H and O–H groups in total. The van der Waals surface area contributed by atoms with E-state index in [0.29, 0.717) is 37.8 Å². The molecule has 0 bridgehead atoms. The van der Waals surface area contributed by atoms with Gasteiger partial charge in [-0.05, 0) is 29.8 Å². The first-order valence-electron chi connectivity index (χ1n) is 9.81. The number of carbonyl (C=O) groups is 2. The maximum atomic E-state index is 12.4. The molecule has 2 aliphatic heterocycles. The van der Waals surface area contributed by atoms with Crippen molar-refractivity contribution in [2.24, 2.45) is 0 Å². The molecule has 1 amide bonds. The number of esters is 1. The van der Waals surface area contributed by atoms with E-state index >= 15 is 0 Å². The molecule has 29 heavy (non-hydrogen) atoms. The van der Waals surface area contributed by atoms with E-state index in [1.807, 2.05) is 18.2 Å². The lowest BCUT2D eigenvalue weighted by Gasteiger charge is -2.36. The molecule has 7 heteroatoms. The van der Waals surface area contributed by atoms with Crippen LogP contribution in [0.15, 0.2) is 48.5 Å². The predicted octanol–water partition coefficient (Wildman–Crippen LogP) is 1.89. The van der Waals surface area contributed by atoms with Gasteiger partial charge >= 0.3 is 5.97 Å². The number of rotatable bonds is 5. The van der Waals surface area contributed by atoms with Crippen LogP contribution in [0.25, 0.3) is 0 Å². The lowest BCUT2D eigenvalue weighted by atomic mass is 10.1. The van der Waals surface area contributed by atoms with Gasteiger partial charge in [-0.15, -0.1) is 0 Å². The van der Waals surface area contributed by atoms with Crippen molar-refractivity contribution in [1.82, 2.24) is 4.90 Å². The maximum absolute atomic E-state index is 12.4. The summed E-state index contributed by atoms with van der Waals surface area (Å²) >= 11 is 0. The molecule has 0 aromatic heterocycles. The van der Waals surface area contributed by atoms with Crippen molar-refractivity contribution in [3.8, 4) is 11.5 Å². The Balaban J connectivity index is 1.22. The molecular formula is C22H24N2O5. The summed E-state index contributed by atoms with van der Waals surface area (Å²) in [6.07, 6.45) is 0.0890. The number of piperazine rings is 1. The zero-order valence-corrected chi connectivity index (χ0v) is 16.2. The highest BCUT2D eigenvalue weighted by molar-refractivity contribution is 5.81. The third-order valence-electron chi connectivity index (χ3n) is 5.07. The van der Waals surface area contributed by atoms with Crippen LogP contribution in [0.5, 0.6) is 11.5 Å². The highest BCUT2D eigenvalue weighted by Gasteiger charge is 2.22. The van der Waals surface area contributed by atoms with Crippen molar-refractivity contribution >= 4 is 17.6 Å². The summed E-state index contributed by atoms with van der Waals surface area (Å²) in [5.41, 5.74) is 1.92. The average molecular weight is 396 g/mol. The fraction of sp³-hybridized carbons (Fsp3) is 0.364. The number of carbonyl (C=O) groups excluding carboxylic acids is 2. The number of para-hydroxylation sites is 1. The topological polar surface area (TPSA) is 68.3 Å². The van der Waals surface area contributed by atoms with Gasteiger partial charge in [-0.25, -0.2) is 0 Å². The lowest BCUT2D eigenvalue weighted by molar-refractivity contribution is -0.151. The first kappa shape index (κ1) is 19.1. The smallest absolute Gasteiger partial charge is 0.310 e. The molecule has 0 radical (unpaired) electrons. The number of amides is 1. The first-order chi connectivity index (χ1) is 14.2. The van der Waals surface area contributed by atoms with E-state index in [4.69, 9.17) is 14.2 Å². The molecule has 1 fully saturated rings. The molecule has 2 aromatic carbocycles. The van der Waals surface area contributed by atoms with Gasteiger partial charge in [0.1, 0.15) is 13.2 Å². The first-order valence-corrected chi connectivity index (χ1v) is 9.81. The van der Waals surface area contributed by atoms with E-state index in [-0.39, 0.29) is 18.9 Å². The summed E-state index contributed by atoms with van der Waals surface area (Å²) in [5.74, 6) is 0.721. The van der Waals surface area contributed by atoms with Gasteiger partial charge in [-0.3, -0.25) is 9.59 Å². The van der Waals surface area contributed by atoms with Crippen LogP contribution in [-0.4, -0.2) is 62.8 Å². The molecule has 2 aromatic rings. The molecule has 152 valence electrons. The Morgan fingerprint density at radius 1 is 0.897 bits per heavy atom. The van der Waals surface area contributed by atoms with Crippen LogP contribution in [0, 0.1) is 0 Å². The average Bonchev–Trinajstić information content (AvgIpc) is 2.78. The van der Waals surface area contributed by atoms with E-state index in [2.05, 4.69) is 17.0 Å². The third-order valence-corrected chi connectivity index (χ3v) is 5.07. The number of anilines is 1. The Bertz CT molecular complexity index is 863. The number of hydrogen-bond donors (Lipinski definition) is 0. The quantitative estimate of drug-likeness (QED) is 0.719. The largest absolute Gasteiger partial charge is 0.486 e. The zero-order chi connectivity index (χ0) is 20.1. The van der Waals surface area contributed by atoms with Crippen LogP contribution < -0.4 is 14.4 Å². The monoisotopic (exact) mass is 396 g/mol. The summed E-state index contributed by atoms with van der Waals surface area (Å²) in [7, 11) is 0. The van der Waals surface area contributed by atoms with Gasteiger partial charge in [0.25, 0.3) is 5.91 Å². The van der Waals surface area contributed by atoms with E-state index in [0.717, 1.165) is 24.3 Å². The van der Waals surface area contributed by atoms with Gasteiger partial charge < -0.3 is 24.0 Å². The fourth-order valence-corrected chi connectivity index (χ4v) is 3.50. The number of fused-ring (bicyclic) bond motifs is 1. The lowest BCUT2D eigenvalue weighted by Crippen LogP contribution is -2.49. The Hall–Kier alpha value is -3.22. The van der Waals surface area contributed by atoms with Gasteiger partial charge in [0.2, 0.25) is 0 Å². The molecule has 2 aliphatic rings. The Labute approximate surface area is 169 Å². The minimum atomic E-state index is -0.432. The second-order valence-corrected chi connectivity index (χ2v) is 7.02. The highest BCUT2D eigenvalue weighted by Crippen LogP contribution is 2.30. The molecule has 0 spiro atoms. The minimum Gasteiger partial charge on any atom is -0.486 e. The molecule has 0 saturated carbocycles. The normalized spacial score (nSPS) is 15.7. The van der Waals surface area contributed by atoms with E-state index in [9.17, 15) is 9.59 Å². The second-order valence-electron chi connectivity index (χ2n) is 7.02. The number of benzene rings is 2.